The monoisotopic (exact) mass is 290 g/mol. The Bertz CT molecular complexity index is 497. The Labute approximate surface area is 127 Å². The Morgan fingerprint density at radius 2 is 2.19 bits per heavy atom. The highest BCUT2D eigenvalue weighted by atomic mass is 16.2. The van der Waals surface area contributed by atoms with E-state index in [-0.39, 0.29) is 11.8 Å². The molecule has 2 rings (SSSR count). The molecule has 1 N–H and O–H groups in total. The minimum atomic E-state index is -0.0119. The molecule has 0 radical (unpaired) electrons. The predicted octanol–water partition coefficient (Wildman–Crippen LogP) is 2.90. The maximum atomic E-state index is 12.7. The molecule has 0 atom stereocenters. The van der Waals surface area contributed by atoms with Gasteiger partial charge in [-0.2, -0.15) is 0 Å². The molecule has 0 aromatic carbocycles. The number of rotatable bonds is 6. The predicted molar refractivity (Wildman–Crippen MR) is 84.6 cm³/mol. The molecule has 1 aromatic rings. The minimum Gasteiger partial charge on any atom is -0.382 e. The Balaban J connectivity index is 2.20. The molecule has 0 unspecified atom stereocenters. The van der Waals surface area contributed by atoms with Crippen LogP contribution in [0.2, 0.25) is 0 Å². The second-order valence-electron chi connectivity index (χ2n) is 6.16. The van der Waals surface area contributed by atoms with Crippen LogP contribution in [0.25, 0.3) is 0 Å². The highest BCUT2D eigenvalue weighted by molar-refractivity contribution is 5.97. The number of amides is 1. The van der Waals surface area contributed by atoms with E-state index in [2.05, 4.69) is 15.3 Å². The number of carbonyl (C=O) groups excluding carboxylic acids is 1. The first-order chi connectivity index (χ1) is 10.0. The van der Waals surface area contributed by atoms with Gasteiger partial charge in [0.2, 0.25) is 0 Å². The van der Waals surface area contributed by atoms with Crippen molar-refractivity contribution < 1.29 is 4.79 Å². The van der Waals surface area contributed by atoms with Crippen molar-refractivity contribution in [2.45, 2.75) is 46.0 Å². The smallest absolute Gasteiger partial charge is 0.274 e. The van der Waals surface area contributed by atoms with Crippen molar-refractivity contribution in [1.82, 2.24) is 14.9 Å². The van der Waals surface area contributed by atoms with Crippen LogP contribution in [0.3, 0.4) is 0 Å². The fourth-order valence-corrected chi connectivity index (χ4v) is 2.48. The second-order valence-corrected chi connectivity index (χ2v) is 6.16. The van der Waals surface area contributed by atoms with E-state index < -0.39 is 0 Å². The lowest BCUT2D eigenvalue weighted by Crippen LogP contribution is -2.35. The summed E-state index contributed by atoms with van der Waals surface area (Å²) in [6.07, 6.45) is 5.49. The summed E-state index contributed by atoms with van der Waals surface area (Å²) >= 11 is 0. The highest BCUT2D eigenvalue weighted by Crippen LogP contribution is 2.27. The lowest BCUT2D eigenvalue weighted by Gasteiger charge is -2.30. The van der Waals surface area contributed by atoms with E-state index in [1.807, 2.05) is 27.8 Å². The molecule has 1 aliphatic rings. The van der Waals surface area contributed by atoms with Crippen molar-refractivity contribution in [2.75, 3.05) is 25.5 Å². The van der Waals surface area contributed by atoms with E-state index in [0.29, 0.717) is 11.6 Å². The van der Waals surface area contributed by atoms with Crippen molar-refractivity contribution in [2.24, 2.45) is 5.92 Å². The van der Waals surface area contributed by atoms with Crippen LogP contribution < -0.4 is 5.32 Å². The van der Waals surface area contributed by atoms with E-state index in [9.17, 15) is 4.79 Å². The van der Waals surface area contributed by atoms with E-state index >= 15 is 0 Å². The van der Waals surface area contributed by atoms with Gasteiger partial charge in [0.05, 0.1) is 11.9 Å². The number of nitrogens with one attached hydrogen (secondary N) is 1. The number of nitrogens with zero attached hydrogens (tertiary/aromatic N) is 3. The zero-order chi connectivity index (χ0) is 15.4. The van der Waals surface area contributed by atoms with Gasteiger partial charge in [0, 0.05) is 26.1 Å². The number of carbonyl (C=O) groups is 1. The molecule has 0 saturated heterocycles. The molecule has 1 saturated carbocycles. The molecule has 1 aliphatic carbocycles. The van der Waals surface area contributed by atoms with E-state index in [4.69, 9.17) is 0 Å². The molecule has 1 fully saturated rings. The summed E-state index contributed by atoms with van der Waals surface area (Å²) in [7, 11) is 1.87. The standard InChI is InChI=1S/C16H26N4O/c1-5-17-13-9-18-15(11(2)3)19-14(13)16(21)20(4)10-12-7-6-8-12/h9,11-12,17H,5-8,10H2,1-4H3. The molecule has 5 heteroatoms. The van der Waals surface area contributed by atoms with Gasteiger partial charge in [-0.3, -0.25) is 4.79 Å². The summed E-state index contributed by atoms with van der Waals surface area (Å²) in [6.45, 7) is 7.65. The van der Waals surface area contributed by atoms with Gasteiger partial charge in [-0.25, -0.2) is 9.97 Å². The van der Waals surface area contributed by atoms with Gasteiger partial charge in [-0.1, -0.05) is 20.3 Å². The zero-order valence-corrected chi connectivity index (χ0v) is 13.5. The van der Waals surface area contributed by atoms with Gasteiger partial charge < -0.3 is 10.2 Å². The molecule has 0 bridgehead atoms. The molecule has 0 aliphatic heterocycles. The van der Waals surface area contributed by atoms with Gasteiger partial charge in [0.15, 0.2) is 5.69 Å². The second kappa shape index (κ2) is 6.87. The number of hydrogen-bond acceptors (Lipinski definition) is 4. The molecule has 1 aromatic heterocycles. The van der Waals surface area contributed by atoms with E-state index in [1.54, 1.807) is 11.1 Å². The van der Waals surface area contributed by atoms with Crippen molar-refractivity contribution in [3.63, 3.8) is 0 Å². The van der Waals surface area contributed by atoms with E-state index in [1.165, 1.54) is 19.3 Å². The summed E-state index contributed by atoms with van der Waals surface area (Å²) in [4.78, 5) is 23.3. The average Bonchev–Trinajstić information content (AvgIpc) is 2.42. The number of hydrogen-bond donors (Lipinski definition) is 1. The number of anilines is 1. The highest BCUT2D eigenvalue weighted by Gasteiger charge is 2.24. The first-order valence-corrected chi connectivity index (χ1v) is 7.89. The average molecular weight is 290 g/mol. The quantitative estimate of drug-likeness (QED) is 0.875. The van der Waals surface area contributed by atoms with Crippen molar-refractivity contribution in [1.29, 1.82) is 0 Å². The summed E-state index contributed by atoms with van der Waals surface area (Å²) in [5.74, 6) is 1.58. The first kappa shape index (κ1) is 15.7. The maximum Gasteiger partial charge on any atom is 0.274 e. The molecule has 5 nitrogen and oxygen atoms in total. The Kier molecular flexibility index (Phi) is 5.15. The van der Waals surface area contributed by atoms with Crippen LogP contribution in [0.5, 0.6) is 0 Å². The third kappa shape index (κ3) is 3.71. The van der Waals surface area contributed by atoms with Crippen LogP contribution in [0.1, 0.15) is 62.3 Å². The Morgan fingerprint density at radius 1 is 1.48 bits per heavy atom. The molecular formula is C16H26N4O. The zero-order valence-electron chi connectivity index (χ0n) is 13.5. The normalized spacial score (nSPS) is 14.9. The molecule has 116 valence electrons. The van der Waals surface area contributed by atoms with Crippen LogP contribution >= 0.6 is 0 Å². The number of aromatic nitrogens is 2. The lowest BCUT2D eigenvalue weighted by molar-refractivity contribution is 0.0740. The van der Waals surface area contributed by atoms with Crippen molar-refractivity contribution in [3.8, 4) is 0 Å². The third-order valence-corrected chi connectivity index (χ3v) is 4.00. The Morgan fingerprint density at radius 3 is 2.71 bits per heavy atom. The topological polar surface area (TPSA) is 58.1 Å². The minimum absolute atomic E-state index is 0.0119. The summed E-state index contributed by atoms with van der Waals surface area (Å²) < 4.78 is 0. The molecular weight excluding hydrogens is 264 g/mol. The van der Waals surface area contributed by atoms with Crippen molar-refractivity contribution >= 4 is 11.6 Å². The fourth-order valence-electron chi connectivity index (χ4n) is 2.48. The third-order valence-electron chi connectivity index (χ3n) is 4.00. The van der Waals surface area contributed by atoms with Crippen LogP contribution in [0.4, 0.5) is 5.69 Å². The largest absolute Gasteiger partial charge is 0.382 e. The van der Waals surface area contributed by atoms with Crippen LogP contribution in [-0.4, -0.2) is 40.9 Å². The SMILES string of the molecule is CCNc1cnc(C(C)C)nc1C(=O)N(C)CC1CCC1. The Hall–Kier alpha value is -1.65. The summed E-state index contributed by atoms with van der Waals surface area (Å²) in [5, 5.41) is 3.19. The van der Waals surface area contributed by atoms with Gasteiger partial charge in [0.25, 0.3) is 5.91 Å². The van der Waals surface area contributed by atoms with Gasteiger partial charge in [0.1, 0.15) is 5.82 Å². The molecule has 21 heavy (non-hydrogen) atoms. The van der Waals surface area contributed by atoms with Gasteiger partial charge >= 0.3 is 0 Å². The van der Waals surface area contributed by atoms with Gasteiger partial charge in [-0.05, 0) is 25.7 Å². The van der Waals surface area contributed by atoms with Crippen LogP contribution in [0, 0.1) is 5.92 Å². The maximum absolute atomic E-state index is 12.7. The van der Waals surface area contributed by atoms with Crippen LogP contribution in [0.15, 0.2) is 6.20 Å². The molecule has 1 amide bonds. The molecule has 1 heterocycles. The van der Waals surface area contributed by atoms with Crippen LogP contribution in [-0.2, 0) is 0 Å². The molecule has 0 spiro atoms. The van der Waals surface area contributed by atoms with E-state index in [0.717, 1.165) is 24.6 Å². The van der Waals surface area contributed by atoms with Crippen molar-refractivity contribution in [3.05, 3.63) is 17.7 Å². The van der Waals surface area contributed by atoms with Gasteiger partial charge in [-0.15, -0.1) is 0 Å². The lowest BCUT2D eigenvalue weighted by atomic mass is 9.85. The summed E-state index contributed by atoms with van der Waals surface area (Å²) in [6, 6.07) is 0. The first-order valence-electron chi connectivity index (χ1n) is 7.89. The summed E-state index contributed by atoms with van der Waals surface area (Å²) in [5.41, 5.74) is 1.23. The fraction of sp³-hybridized carbons (Fsp3) is 0.688.